The monoisotopic (exact) mass is 397 g/mol. The van der Waals surface area contributed by atoms with Crippen LogP contribution in [0.4, 0.5) is 0 Å². The molecule has 2 amide bonds. The summed E-state index contributed by atoms with van der Waals surface area (Å²) >= 11 is 0. The van der Waals surface area contributed by atoms with Gasteiger partial charge < -0.3 is 19.1 Å². The molecule has 0 spiro atoms. The number of fused-ring (bicyclic) bond motifs is 1. The molecule has 0 saturated carbocycles. The van der Waals surface area contributed by atoms with E-state index in [1.165, 1.54) is 0 Å². The molecular formula is C22H27N3O4. The van der Waals surface area contributed by atoms with Crippen LogP contribution >= 0.6 is 0 Å². The van der Waals surface area contributed by atoms with E-state index in [9.17, 15) is 14.4 Å². The fourth-order valence-electron chi connectivity index (χ4n) is 4.15. The largest absolute Gasteiger partial charge is 0.378 e. The SMILES string of the molecule is O=C(C(=O)N1CCCCCC1)c1cn(CC(=O)N2CCOCC2)c2ccccc12. The molecule has 0 unspecified atom stereocenters. The summed E-state index contributed by atoms with van der Waals surface area (Å²) in [5.41, 5.74) is 1.17. The van der Waals surface area contributed by atoms with E-state index >= 15 is 0 Å². The maximum absolute atomic E-state index is 13.1. The number of ketones is 1. The van der Waals surface area contributed by atoms with E-state index in [1.807, 2.05) is 24.3 Å². The Labute approximate surface area is 170 Å². The lowest BCUT2D eigenvalue weighted by Gasteiger charge is -2.27. The number of hydrogen-bond acceptors (Lipinski definition) is 4. The highest BCUT2D eigenvalue weighted by Crippen LogP contribution is 2.23. The van der Waals surface area contributed by atoms with Crippen molar-refractivity contribution in [2.24, 2.45) is 0 Å². The van der Waals surface area contributed by atoms with Gasteiger partial charge in [-0.3, -0.25) is 14.4 Å². The molecule has 0 radical (unpaired) electrons. The van der Waals surface area contributed by atoms with Crippen LogP contribution in [0.5, 0.6) is 0 Å². The quantitative estimate of drug-likeness (QED) is 0.585. The topological polar surface area (TPSA) is 71.9 Å². The van der Waals surface area contributed by atoms with Crippen LogP contribution in [0.3, 0.4) is 0 Å². The molecular weight excluding hydrogens is 370 g/mol. The zero-order valence-corrected chi connectivity index (χ0v) is 16.6. The Morgan fingerprint density at radius 3 is 2.28 bits per heavy atom. The summed E-state index contributed by atoms with van der Waals surface area (Å²) in [6.07, 6.45) is 5.74. The first kappa shape index (κ1) is 19.6. The molecule has 0 atom stereocenters. The van der Waals surface area contributed by atoms with E-state index in [1.54, 1.807) is 20.6 Å². The highest BCUT2D eigenvalue weighted by Gasteiger charge is 2.27. The minimum atomic E-state index is -0.485. The second-order valence-electron chi connectivity index (χ2n) is 7.72. The van der Waals surface area contributed by atoms with Gasteiger partial charge in [0.2, 0.25) is 5.91 Å². The zero-order chi connectivity index (χ0) is 20.2. The molecule has 0 aliphatic carbocycles. The first-order valence-electron chi connectivity index (χ1n) is 10.4. The van der Waals surface area contributed by atoms with Gasteiger partial charge in [-0.05, 0) is 18.9 Å². The van der Waals surface area contributed by atoms with Crippen molar-refractivity contribution < 1.29 is 19.1 Å². The van der Waals surface area contributed by atoms with Crippen LogP contribution in [0.2, 0.25) is 0 Å². The van der Waals surface area contributed by atoms with E-state index in [0.29, 0.717) is 45.0 Å². The minimum absolute atomic E-state index is 0.00750. The average Bonchev–Trinajstić information content (AvgIpc) is 2.93. The summed E-state index contributed by atoms with van der Waals surface area (Å²) < 4.78 is 7.10. The van der Waals surface area contributed by atoms with E-state index in [0.717, 1.165) is 36.6 Å². The van der Waals surface area contributed by atoms with E-state index in [2.05, 4.69) is 0 Å². The fraction of sp³-hybridized carbons (Fsp3) is 0.500. The molecule has 7 nitrogen and oxygen atoms in total. The number of carbonyl (C=O) groups is 3. The Morgan fingerprint density at radius 1 is 0.862 bits per heavy atom. The van der Waals surface area contributed by atoms with Gasteiger partial charge in [0.1, 0.15) is 6.54 Å². The summed E-state index contributed by atoms with van der Waals surface area (Å²) in [5, 5.41) is 0.718. The standard InChI is InChI=1S/C22H27N3O4/c26-20(23-11-13-29-14-12-23)16-25-15-18(17-7-3-4-8-19(17)25)21(27)22(28)24-9-5-1-2-6-10-24/h3-4,7-8,15H,1-2,5-6,9-14,16H2. The van der Waals surface area contributed by atoms with Gasteiger partial charge in [0.25, 0.3) is 11.7 Å². The van der Waals surface area contributed by atoms with Crippen molar-refractivity contribution in [2.45, 2.75) is 32.2 Å². The summed E-state index contributed by atoms with van der Waals surface area (Å²) in [5.74, 6) is -0.929. The summed E-state index contributed by atoms with van der Waals surface area (Å²) in [6, 6.07) is 7.45. The van der Waals surface area contributed by atoms with Gasteiger partial charge in [0, 0.05) is 43.3 Å². The number of rotatable bonds is 4. The fourth-order valence-corrected chi connectivity index (χ4v) is 4.15. The normalized spacial score (nSPS) is 17.9. The van der Waals surface area contributed by atoms with Crippen molar-refractivity contribution in [1.29, 1.82) is 0 Å². The van der Waals surface area contributed by atoms with Crippen LogP contribution in [0.25, 0.3) is 10.9 Å². The lowest BCUT2D eigenvalue weighted by molar-refractivity contribution is -0.135. The molecule has 4 rings (SSSR count). The maximum atomic E-state index is 13.1. The lowest BCUT2D eigenvalue weighted by atomic mass is 10.1. The van der Waals surface area contributed by atoms with E-state index in [4.69, 9.17) is 4.74 Å². The molecule has 2 aliphatic rings. The van der Waals surface area contributed by atoms with E-state index < -0.39 is 11.7 Å². The van der Waals surface area contributed by atoms with Crippen molar-refractivity contribution in [3.8, 4) is 0 Å². The Hall–Kier alpha value is -2.67. The summed E-state index contributed by atoms with van der Waals surface area (Å²) in [7, 11) is 0. The molecule has 0 bridgehead atoms. The van der Waals surface area contributed by atoms with Gasteiger partial charge in [-0.15, -0.1) is 0 Å². The predicted molar refractivity (Wildman–Crippen MR) is 109 cm³/mol. The molecule has 0 N–H and O–H groups in total. The number of nitrogens with zero attached hydrogens (tertiary/aromatic N) is 3. The second kappa shape index (κ2) is 8.78. The van der Waals surface area contributed by atoms with Crippen LogP contribution in [0.15, 0.2) is 30.5 Å². The van der Waals surface area contributed by atoms with Crippen LogP contribution in [-0.4, -0.2) is 71.4 Å². The molecule has 2 aliphatic heterocycles. The van der Waals surface area contributed by atoms with Gasteiger partial charge >= 0.3 is 0 Å². The average molecular weight is 397 g/mol. The maximum Gasteiger partial charge on any atom is 0.295 e. The first-order chi connectivity index (χ1) is 14.1. The Bertz CT molecular complexity index is 906. The van der Waals surface area contributed by atoms with Crippen molar-refractivity contribution in [2.75, 3.05) is 39.4 Å². The third-order valence-electron chi connectivity index (χ3n) is 5.79. The Morgan fingerprint density at radius 2 is 1.55 bits per heavy atom. The number of likely N-dealkylation sites (tertiary alicyclic amines) is 1. The first-order valence-corrected chi connectivity index (χ1v) is 10.4. The number of benzene rings is 1. The van der Waals surface area contributed by atoms with Crippen molar-refractivity contribution >= 4 is 28.5 Å². The molecule has 154 valence electrons. The zero-order valence-electron chi connectivity index (χ0n) is 16.6. The number of para-hydroxylation sites is 1. The molecule has 3 heterocycles. The number of morpholine rings is 1. The lowest BCUT2D eigenvalue weighted by Crippen LogP contribution is -2.42. The van der Waals surface area contributed by atoms with Crippen LogP contribution in [0, 0.1) is 0 Å². The van der Waals surface area contributed by atoms with Crippen LogP contribution in [-0.2, 0) is 20.9 Å². The van der Waals surface area contributed by atoms with Gasteiger partial charge in [0.15, 0.2) is 0 Å². The Balaban J connectivity index is 1.59. The third kappa shape index (κ3) is 4.19. The van der Waals surface area contributed by atoms with Crippen molar-refractivity contribution in [3.63, 3.8) is 0 Å². The molecule has 1 aromatic heterocycles. The number of hydrogen-bond donors (Lipinski definition) is 0. The van der Waals surface area contributed by atoms with Crippen molar-refractivity contribution in [3.05, 3.63) is 36.0 Å². The van der Waals surface area contributed by atoms with Gasteiger partial charge in [0.05, 0.1) is 18.8 Å². The van der Waals surface area contributed by atoms with Gasteiger partial charge in [-0.2, -0.15) is 0 Å². The van der Waals surface area contributed by atoms with Crippen LogP contribution in [0.1, 0.15) is 36.0 Å². The number of aromatic nitrogens is 1. The summed E-state index contributed by atoms with van der Waals surface area (Å²) in [6.45, 7) is 3.68. The predicted octanol–water partition coefficient (Wildman–Crippen LogP) is 2.09. The van der Waals surface area contributed by atoms with E-state index in [-0.39, 0.29) is 12.5 Å². The minimum Gasteiger partial charge on any atom is -0.378 e. The third-order valence-corrected chi connectivity index (χ3v) is 5.79. The molecule has 7 heteroatoms. The highest BCUT2D eigenvalue weighted by atomic mass is 16.5. The second-order valence-corrected chi connectivity index (χ2v) is 7.72. The van der Waals surface area contributed by atoms with Crippen LogP contribution < -0.4 is 0 Å². The Kier molecular flexibility index (Phi) is 5.94. The van der Waals surface area contributed by atoms with Crippen molar-refractivity contribution in [1.82, 2.24) is 14.4 Å². The van der Waals surface area contributed by atoms with Gasteiger partial charge in [-0.25, -0.2) is 0 Å². The number of carbonyl (C=O) groups excluding carboxylic acids is 3. The summed E-state index contributed by atoms with van der Waals surface area (Å²) in [4.78, 5) is 42.1. The molecule has 2 saturated heterocycles. The molecule has 2 aromatic rings. The smallest absolute Gasteiger partial charge is 0.295 e. The molecule has 29 heavy (non-hydrogen) atoms. The highest BCUT2D eigenvalue weighted by molar-refractivity contribution is 6.44. The number of Topliss-reactive ketones (excluding diaryl/α,β-unsaturated/α-hetero) is 1. The number of amides is 2. The molecule has 1 aromatic carbocycles. The molecule has 2 fully saturated rings. The van der Waals surface area contributed by atoms with Gasteiger partial charge in [-0.1, -0.05) is 31.0 Å². The number of ether oxygens (including phenoxy) is 1.